The van der Waals surface area contributed by atoms with Crippen LogP contribution in [0, 0.1) is 0 Å². The van der Waals surface area contributed by atoms with E-state index in [1.807, 2.05) is 0 Å². The van der Waals surface area contributed by atoms with Gasteiger partial charge in [-0.05, 0) is 83.5 Å². The molecule has 0 aromatic heterocycles. The molecule has 0 saturated heterocycles. The first-order chi connectivity index (χ1) is 40.0. The fourth-order valence-electron chi connectivity index (χ4n) is 11.6. The fourth-order valence-corrected chi connectivity index (χ4v) is 11.6. The number of aliphatic hydroxyl groups excluding tert-OH is 2. The molecule has 6 nitrogen and oxygen atoms in total. The summed E-state index contributed by atoms with van der Waals surface area (Å²) in [7, 11) is 0. The number of allylic oxidation sites excluding steroid dienone is 6. The molecule has 0 aliphatic heterocycles. The van der Waals surface area contributed by atoms with Gasteiger partial charge in [-0.15, -0.1) is 0 Å². The second-order valence-electron chi connectivity index (χ2n) is 25.3. The summed E-state index contributed by atoms with van der Waals surface area (Å²) < 4.78 is 5.51. The maximum absolute atomic E-state index is 12.5. The maximum Gasteiger partial charge on any atom is 0.305 e. The standard InChI is InChI=1S/C75H143NO5/c1-3-5-7-9-11-13-15-17-19-21-32-37-41-45-49-53-57-61-65-69-75(80)81-70-66-62-58-54-50-46-42-38-34-31-29-27-25-23-24-26-28-30-33-36-40-44-48-52-56-60-64-68-74(79)76-72(71-77)73(78)67-63-59-55-51-47-43-39-35-22-20-18-16-14-12-10-8-6-4-2/h17,19,23-24,27,29,72-73,77-78H,3-16,18,20-22,25-26,28,30-71H2,1-2H3,(H,76,79)/b19-17-,24-23-,29-27-. The molecule has 0 radical (unpaired) electrons. The van der Waals surface area contributed by atoms with Crippen LogP contribution in [0.25, 0.3) is 0 Å². The number of esters is 1. The van der Waals surface area contributed by atoms with E-state index >= 15 is 0 Å². The van der Waals surface area contributed by atoms with Crippen LogP contribution in [-0.4, -0.2) is 47.4 Å². The molecule has 0 bridgehead atoms. The first-order valence-corrected chi connectivity index (χ1v) is 36.7. The van der Waals surface area contributed by atoms with Gasteiger partial charge in [0.1, 0.15) is 0 Å². The Morgan fingerprint density at radius 2 is 0.617 bits per heavy atom. The molecule has 0 heterocycles. The highest BCUT2D eigenvalue weighted by Crippen LogP contribution is 2.19. The third-order valence-corrected chi connectivity index (χ3v) is 17.2. The molecule has 0 rings (SSSR count). The fraction of sp³-hybridized carbons (Fsp3) is 0.893. The number of nitrogens with one attached hydrogen (secondary N) is 1. The zero-order chi connectivity index (χ0) is 58.5. The number of amides is 1. The van der Waals surface area contributed by atoms with Gasteiger partial charge in [0.2, 0.25) is 5.91 Å². The Labute approximate surface area is 506 Å². The lowest BCUT2D eigenvalue weighted by Crippen LogP contribution is -2.45. The van der Waals surface area contributed by atoms with Gasteiger partial charge in [0.25, 0.3) is 0 Å². The van der Waals surface area contributed by atoms with Gasteiger partial charge in [-0.25, -0.2) is 0 Å². The molecular weight excluding hydrogens is 995 g/mol. The summed E-state index contributed by atoms with van der Waals surface area (Å²) in [6, 6.07) is -0.545. The van der Waals surface area contributed by atoms with Crippen molar-refractivity contribution in [3.63, 3.8) is 0 Å². The zero-order valence-corrected chi connectivity index (χ0v) is 54.8. The zero-order valence-electron chi connectivity index (χ0n) is 54.8. The van der Waals surface area contributed by atoms with Gasteiger partial charge in [-0.2, -0.15) is 0 Å². The van der Waals surface area contributed by atoms with Crippen LogP contribution in [0.5, 0.6) is 0 Å². The van der Waals surface area contributed by atoms with Gasteiger partial charge in [0, 0.05) is 12.8 Å². The summed E-state index contributed by atoms with van der Waals surface area (Å²) >= 11 is 0. The minimum absolute atomic E-state index is 0.0109. The van der Waals surface area contributed by atoms with Gasteiger partial charge in [-0.1, -0.05) is 346 Å². The number of hydrogen-bond acceptors (Lipinski definition) is 5. The average molecular weight is 1140 g/mol. The number of ether oxygens (including phenoxy) is 1. The molecule has 0 saturated carbocycles. The van der Waals surface area contributed by atoms with E-state index in [1.54, 1.807) is 0 Å². The largest absolute Gasteiger partial charge is 0.466 e. The summed E-state index contributed by atoms with van der Waals surface area (Å²) in [6.07, 6.45) is 90.5. The normalized spacial score (nSPS) is 12.7. The van der Waals surface area contributed by atoms with Gasteiger partial charge in [0.15, 0.2) is 0 Å². The minimum atomic E-state index is -0.667. The Hall–Kier alpha value is -1.92. The molecule has 2 atom stereocenters. The van der Waals surface area contributed by atoms with Gasteiger partial charge >= 0.3 is 5.97 Å². The van der Waals surface area contributed by atoms with Crippen molar-refractivity contribution in [3.8, 4) is 0 Å². The van der Waals surface area contributed by atoms with Crippen LogP contribution in [0.3, 0.4) is 0 Å². The number of aliphatic hydroxyl groups is 2. The van der Waals surface area contributed by atoms with E-state index in [1.165, 1.54) is 321 Å². The van der Waals surface area contributed by atoms with E-state index in [0.29, 0.717) is 25.9 Å². The van der Waals surface area contributed by atoms with Crippen molar-refractivity contribution in [3.05, 3.63) is 36.5 Å². The highest BCUT2D eigenvalue weighted by Gasteiger charge is 2.20. The highest BCUT2D eigenvalue weighted by atomic mass is 16.5. The Kier molecular flexibility index (Phi) is 68.9. The van der Waals surface area contributed by atoms with Crippen molar-refractivity contribution < 1.29 is 24.5 Å². The molecule has 0 aliphatic carbocycles. The SMILES string of the molecule is CCCCCCCC/C=C\CCCCCCCCCCCC(=O)OCCCCCCCCCCC/C=C\C/C=C\CCCCCCCCCCCCCC(=O)NC(CO)C(O)CCCCCCCCCCCCCCCCCCCC. The lowest BCUT2D eigenvalue weighted by atomic mass is 10.0. The van der Waals surface area contributed by atoms with Crippen molar-refractivity contribution in [1.29, 1.82) is 0 Å². The monoisotopic (exact) mass is 1140 g/mol. The second-order valence-corrected chi connectivity index (χ2v) is 25.3. The van der Waals surface area contributed by atoms with Crippen LogP contribution < -0.4 is 5.32 Å². The summed E-state index contributed by atoms with van der Waals surface area (Å²) in [4.78, 5) is 24.6. The predicted octanol–water partition coefficient (Wildman–Crippen LogP) is 23.9. The van der Waals surface area contributed by atoms with Crippen molar-refractivity contribution in [2.45, 2.75) is 418 Å². The second kappa shape index (κ2) is 70.6. The molecule has 478 valence electrons. The number of unbranched alkanes of at least 4 members (excludes halogenated alkanes) is 52. The Balaban J connectivity index is 3.40. The van der Waals surface area contributed by atoms with E-state index in [-0.39, 0.29) is 18.5 Å². The van der Waals surface area contributed by atoms with E-state index < -0.39 is 12.1 Å². The molecule has 0 spiro atoms. The van der Waals surface area contributed by atoms with Crippen LogP contribution in [-0.2, 0) is 14.3 Å². The van der Waals surface area contributed by atoms with Crippen molar-refractivity contribution >= 4 is 11.9 Å². The molecule has 2 unspecified atom stereocenters. The summed E-state index contributed by atoms with van der Waals surface area (Å²) in [5, 5.41) is 23.4. The first kappa shape index (κ1) is 79.1. The van der Waals surface area contributed by atoms with Crippen molar-refractivity contribution in [2.24, 2.45) is 0 Å². The topological polar surface area (TPSA) is 95.9 Å². The average Bonchev–Trinajstić information content (AvgIpc) is 3.47. The number of carbonyl (C=O) groups is 2. The Bertz CT molecular complexity index is 1310. The molecular formula is C75H143NO5. The van der Waals surface area contributed by atoms with Crippen LogP contribution in [0.15, 0.2) is 36.5 Å². The molecule has 0 aromatic rings. The number of carbonyl (C=O) groups excluding carboxylic acids is 2. The van der Waals surface area contributed by atoms with Crippen LogP contribution >= 0.6 is 0 Å². The molecule has 0 aliphatic rings. The summed E-state index contributed by atoms with van der Waals surface area (Å²) in [6.45, 7) is 4.98. The smallest absolute Gasteiger partial charge is 0.305 e. The van der Waals surface area contributed by atoms with Gasteiger partial charge in [0.05, 0.1) is 25.4 Å². The van der Waals surface area contributed by atoms with Crippen LogP contribution in [0.2, 0.25) is 0 Å². The summed E-state index contributed by atoms with van der Waals surface area (Å²) in [5.41, 5.74) is 0. The number of rotatable bonds is 69. The molecule has 1 amide bonds. The Morgan fingerprint density at radius 1 is 0.346 bits per heavy atom. The van der Waals surface area contributed by atoms with Gasteiger partial charge < -0.3 is 20.3 Å². The van der Waals surface area contributed by atoms with Crippen molar-refractivity contribution in [1.82, 2.24) is 5.32 Å². The molecule has 81 heavy (non-hydrogen) atoms. The van der Waals surface area contributed by atoms with Crippen molar-refractivity contribution in [2.75, 3.05) is 13.2 Å². The Morgan fingerprint density at radius 3 is 0.951 bits per heavy atom. The van der Waals surface area contributed by atoms with E-state index in [9.17, 15) is 19.8 Å². The summed E-state index contributed by atoms with van der Waals surface area (Å²) in [5.74, 6) is -0.0238. The van der Waals surface area contributed by atoms with E-state index in [2.05, 4.69) is 55.6 Å². The molecule has 6 heteroatoms. The van der Waals surface area contributed by atoms with Crippen LogP contribution in [0.1, 0.15) is 406 Å². The predicted molar refractivity (Wildman–Crippen MR) is 356 cm³/mol. The minimum Gasteiger partial charge on any atom is -0.466 e. The third kappa shape index (κ3) is 67.1. The molecule has 0 fully saturated rings. The quantitative estimate of drug-likeness (QED) is 0.0320. The number of hydrogen-bond donors (Lipinski definition) is 3. The van der Waals surface area contributed by atoms with E-state index in [4.69, 9.17) is 4.74 Å². The van der Waals surface area contributed by atoms with E-state index in [0.717, 1.165) is 51.4 Å². The maximum atomic E-state index is 12.5. The molecule has 0 aromatic carbocycles. The lowest BCUT2D eigenvalue weighted by molar-refractivity contribution is -0.143. The van der Waals surface area contributed by atoms with Gasteiger partial charge in [-0.3, -0.25) is 9.59 Å². The lowest BCUT2D eigenvalue weighted by Gasteiger charge is -2.22. The highest BCUT2D eigenvalue weighted by molar-refractivity contribution is 5.76. The van der Waals surface area contributed by atoms with Crippen LogP contribution in [0.4, 0.5) is 0 Å². The molecule has 3 N–H and O–H groups in total. The third-order valence-electron chi connectivity index (χ3n) is 17.2. The first-order valence-electron chi connectivity index (χ1n) is 36.7.